The van der Waals surface area contributed by atoms with Gasteiger partial charge in [-0.3, -0.25) is 9.59 Å². The van der Waals surface area contributed by atoms with Crippen LogP contribution in [0.15, 0.2) is 36.5 Å². The lowest BCUT2D eigenvalue weighted by Gasteiger charge is -2.24. The summed E-state index contributed by atoms with van der Waals surface area (Å²) < 4.78 is 10.9. The largest absolute Gasteiger partial charge is 0.465 e. The van der Waals surface area contributed by atoms with Crippen molar-refractivity contribution in [1.82, 2.24) is 0 Å². The van der Waals surface area contributed by atoms with Crippen molar-refractivity contribution in [2.45, 2.75) is 78.1 Å². The summed E-state index contributed by atoms with van der Waals surface area (Å²) >= 11 is 0. The molecule has 1 aliphatic rings. The molecule has 0 fully saturated rings. The fourth-order valence-corrected chi connectivity index (χ4v) is 3.30. The smallest absolute Gasteiger partial charge is 0.313 e. The Morgan fingerprint density at radius 1 is 0.857 bits per heavy atom. The van der Waals surface area contributed by atoms with Gasteiger partial charge >= 0.3 is 11.9 Å². The number of allylic oxidation sites excluding steroid dienone is 5. The number of carbonyl (C=O) groups excluding carboxylic acids is 2. The van der Waals surface area contributed by atoms with Gasteiger partial charge in [-0.15, -0.1) is 0 Å². The second-order valence-electron chi connectivity index (χ2n) is 7.31. The molecule has 2 atom stereocenters. The third-order valence-corrected chi connectivity index (χ3v) is 4.99. The molecule has 0 N–H and O–H groups in total. The van der Waals surface area contributed by atoms with Crippen molar-refractivity contribution >= 4 is 11.9 Å². The van der Waals surface area contributed by atoms with Crippen LogP contribution in [0.2, 0.25) is 0 Å². The standard InChI is InChI=1S/C24H38O4/c1-3-5-7-9-11-15-19-27-23(25)21-17-13-14-18-22(21)24(26)28-20-16-12-10-8-6-4-2/h3-6,13,17,21-22H,7-12,14-16,18-20H2,1-2H3/b5-3+,6-4+. The Kier molecular flexibility index (Phi) is 14.0. The second-order valence-corrected chi connectivity index (χ2v) is 7.31. The van der Waals surface area contributed by atoms with E-state index in [1.54, 1.807) is 0 Å². The topological polar surface area (TPSA) is 52.6 Å². The maximum absolute atomic E-state index is 12.4. The van der Waals surface area contributed by atoms with Gasteiger partial charge in [-0.2, -0.15) is 0 Å². The molecule has 0 aromatic heterocycles. The van der Waals surface area contributed by atoms with Crippen LogP contribution in [0.1, 0.15) is 78.1 Å². The normalized spacial score (nSPS) is 19.4. The van der Waals surface area contributed by atoms with Crippen molar-refractivity contribution in [3.63, 3.8) is 0 Å². The lowest BCUT2D eigenvalue weighted by atomic mass is 9.84. The lowest BCUT2D eigenvalue weighted by Crippen LogP contribution is -2.33. The molecule has 0 bridgehead atoms. The maximum atomic E-state index is 12.4. The first-order valence-corrected chi connectivity index (χ1v) is 10.9. The van der Waals surface area contributed by atoms with Gasteiger partial charge in [0, 0.05) is 0 Å². The van der Waals surface area contributed by atoms with E-state index in [4.69, 9.17) is 9.47 Å². The Morgan fingerprint density at radius 2 is 1.43 bits per heavy atom. The molecule has 1 aliphatic carbocycles. The van der Waals surface area contributed by atoms with Crippen molar-refractivity contribution in [1.29, 1.82) is 0 Å². The summed E-state index contributed by atoms with van der Waals surface area (Å²) in [6.07, 6.45) is 21.8. The molecule has 0 aromatic rings. The fourth-order valence-electron chi connectivity index (χ4n) is 3.30. The highest BCUT2D eigenvalue weighted by molar-refractivity contribution is 5.83. The highest BCUT2D eigenvalue weighted by atomic mass is 16.5. The molecule has 2 unspecified atom stereocenters. The van der Waals surface area contributed by atoms with Crippen LogP contribution in [0.4, 0.5) is 0 Å². The molecule has 4 nitrogen and oxygen atoms in total. The molecule has 0 saturated carbocycles. The molecular weight excluding hydrogens is 352 g/mol. The molecular formula is C24H38O4. The van der Waals surface area contributed by atoms with Crippen LogP contribution in [-0.4, -0.2) is 25.2 Å². The van der Waals surface area contributed by atoms with Crippen LogP contribution in [0.25, 0.3) is 0 Å². The molecule has 28 heavy (non-hydrogen) atoms. The predicted octanol–water partition coefficient (Wildman–Crippen LogP) is 5.93. The zero-order valence-corrected chi connectivity index (χ0v) is 17.7. The molecule has 0 heterocycles. The van der Waals surface area contributed by atoms with Gasteiger partial charge in [-0.05, 0) is 78.1 Å². The molecule has 0 radical (unpaired) electrons. The first-order valence-electron chi connectivity index (χ1n) is 10.9. The van der Waals surface area contributed by atoms with Crippen molar-refractivity contribution in [2.75, 3.05) is 13.2 Å². The molecule has 158 valence electrons. The summed E-state index contributed by atoms with van der Waals surface area (Å²) in [5, 5.41) is 0. The maximum Gasteiger partial charge on any atom is 0.313 e. The van der Waals surface area contributed by atoms with Gasteiger partial charge in [0.05, 0.1) is 25.0 Å². The van der Waals surface area contributed by atoms with Gasteiger partial charge in [0.25, 0.3) is 0 Å². The minimum atomic E-state index is -0.501. The minimum Gasteiger partial charge on any atom is -0.465 e. The van der Waals surface area contributed by atoms with Crippen molar-refractivity contribution < 1.29 is 19.1 Å². The van der Waals surface area contributed by atoms with E-state index in [-0.39, 0.29) is 11.9 Å². The Hall–Kier alpha value is -1.84. The third kappa shape index (κ3) is 10.5. The fraction of sp³-hybridized carbons (Fsp3) is 0.667. The minimum absolute atomic E-state index is 0.258. The summed E-state index contributed by atoms with van der Waals surface area (Å²) in [5.74, 6) is -1.46. The van der Waals surface area contributed by atoms with Crippen molar-refractivity contribution in [3.8, 4) is 0 Å². The van der Waals surface area contributed by atoms with Crippen LogP contribution in [0, 0.1) is 11.8 Å². The van der Waals surface area contributed by atoms with E-state index in [1.165, 1.54) is 0 Å². The van der Waals surface area contributed by atoms with Gasteiger partial charge in [0.15, 0.2) is 0 Å². The number of hydrogen-bond acceptors (Lipinski definition) is 4. The number of unbranched alkanes of at least 4 members (excludes halogenated alkanes) is 6. The van der Waals surface area contributed by atoms with Crippen LogP contribution in [0.3, 0.4) is 0 Å². The molecule has 0 aliphatic heterocycles. The van der Waals surface area contributed by atoms with E-state index in [0.717, 1.165) is 57.8 Å². The monoisotopic (exact) mass is 390 g/mol. The average Bonchev–Trinajstić information content (AvgIpc) is 2.72. The zero-order valence-electron chi connectivity index (χ0n) is 17.7. The van der Waals surface area contributed by atoms with E-state index >= 15 is 0 Å². The van der Waals surface area contributed by atoms with E-state index in [1.807, 2.05) is 26.0 Å². The van der Waals surface area contributed by atoms with Crippen molar-refractivity contribution in [3.05, 3.63) is 36.5 Å². The number of rotatable bonds is 14. The van der Waals surface area contributed by atoms with E-state index in [0.29, 0.717) is 19.6 Å². The summed E-state index contributed by atoms with van der Waals surface area (Å²) in [6, 6.07) is 0. The van der Waals surface area contributed by atoms with Crippen LogP contribution >= 0.6 is 0 Å². The number of esters is 2. The van der Waals surface area contributed by atoms with E-state index in [9.17, 15) is 9.59 Å². The molecule has 4 heteroatoms. The summed E-state index contributed by atoms with van der Waals surface area (Å²) in [7, 11) is 0. The molecule has 0 spiro atoms. The summed E-state index contributed by atoms with van der Waals surface area (Å²) in [4.78, 5) is 24.9. The second kappa shape index (κ2) is 16.1. The molecule has 0 amide bonds. The summed E-state index contributed by atoms with van der Waals surface area (Å²) in [6.45, 7) is 4.90. The molecule has 0 aromatic carbocycles. The highest BCUT2D eigenvalue weighted by Gasteiger charge is 2.35. The Balaban J connectivity index is 2.28. The molecule has 0 saturated heterocycles. The van der Waals surface area contributed by atoms with Crippen LogP contribution in [0.5, 0.6) is 0 Å². The first-order chi connectivity index (χ1) is 13.7. The third-order valence-electron chi connectivity index (χ3n) is 4.99. The van der Waals surface area contributed by atoms with Gasteiger partial charge in [-0.1, -0.05) is 36.5 Å². The number of hydrogen-bond donors (Lipinski definition) is 0. The zero-order chi connectivity index (χ0) is 20.5. The molecule has 1 rings (SSSR count). The van der Waals surface area contributed by atoms with Crippen LogP contribution < -0.4 is 0 Å². The van der Waals surface area contributed by atoms with Crippen LogP contribution in [-0.2, 0) is 19.1 Å². The van der Waals surface area contributed by atoms with Gasteiger partial charge in [0.2, 0.25) is 0 Å². The van der Waals surface area contributed by atoms with E-state index in [2.05, 4.69) is 24.3 Å². The first kappa shape index (κ1) is 24.2. The van der Waals surface area contributed by atoms with Gasteiger partial charge in [-0.25, -0.2) is 0 Å². The Morgan fingerprint density at radius 3 is 2.00 bits per heavy atom. The highest BCUT2D eigenvalue weighted by Crippen LogP contribution is 2.27. The SMILES string of the molecule is C/C=C/CCCCCOC(=O)C1C=CCCC1C(=O)OCCCCC/C=C/C. The predicted molar refractivity (Wildman–Crippen MR) is 114 cm³/mol. The average molecular weight is 391 g/mol. The van der Waals surface area contributed by atoms with Gasteiger partial charge < -0.3 is 9.47 Å². The quantitative estimate of drug-likeness (QED) is 0.210. The number of ether oxygens (including phenoxy) is 2. The van der Waals surface area contributed by atoms with Crippen molar-refractivity contribution in [2.24, 2.45) is 11.8 Å². The Bertz CT molecular complexity index is 519. The van der Waals surface area contributed by atoms with E-state index < -0.39 is 11.8 Å². The Labute approximate surface area is 171 Å². The number of carbonyl (C=O) groups is 2. The summed E-state index contributed by atoms with van der Waals surface area (Å²) in [5.41, 5.74) is 0. The van der Waals surface area contributed by atoms with Gasteiger partial charge in [0.1, 0.15) is 0 Å². The lowest BCUT2D eigenvalue weighted by molar-refractivity contribution is -0.159.